The Balaban J connectivity index is 3.65. The molecule has 0 saturated heterocycles. The Bertz CT molecular complexity index is 169. The Morgan fingerprint density at radius 2 is 1.50 bits per heavy atom. The van der Waals surface area contributed by atoms with Crippen LogP contribution in [0.1, 0.15) is 85.5 Å². The molecular formula is C16H32. The molecule has 0 aliphatic carbocycles. The molecule has 0 spiro atoms. The van der Waals surface area contributed by atoms with Gasteiger partial charge in [0.2, 0.25) is 0 Å². The zero-order valence-corrected chi connectivity index (χ0v) is 12.0. The third kappa shape index (κ3) is 7.96. The highest BCUT2D eigenvalue weighted by atomic mass is 14.2. The predicted molar refractivity (Wildman–Crippen MR) is 75.8 cm³/mol. The highest BCUT2D eigenvalue weighted by Crippen LogP contribution is 2.30. The number of unbranched alkanes of at least 4 members (excludes halogenated alkanes) is 5. The van der Waals surface area contributed by atoms with Crippen LogP contribution in [0.3, 0.4) is 0 Å². The van der Waals surface area contributed by atoms with Crippen LogP contribution >= 0.6 is 0 Å². The Kier molecular flexibility index (Phi) is 9.77. The van der Waals surface area contributed by atoms with Gasteiger partial charge in [-0.25, -0.2) is 0 Å². The molecule has 0 rings (SSSR count). The summed E-state index contributed by atoms with van der Waals surface area (Å²) in [4.78, 5) is 0. The Morgan fingerprint density at radius 3 is 2.06 bits per heavy atom. The van der Waals surface area contributed by atoms with Gasteiger partial charge in [0, 0.05) is 0 Å². The van der Waals surface area contributed by atoms with E-state index in [0.29, 0.717) is 5.41 Å². The lowest BCUT2D eigenvalue weighted by Gasteiger charge is -2.24. The Morgan fingerprint density at radius 1 is 0.875 bits per heavy atom. The zero-order valence-electron chi connectivity index (χ0n) is 12.0. The summed E-state index contributed by atoms with van der Waals surface area (Å²) in [5.74, 6) is 0. The summed E-state index contributed by atoms with van der Waals surface area (Å²) in [6.07, 6.45) is 17.1. The third-order valence-electron chi connectivity index (χ3n) is 3.67. The van der Waals surface area contributed by atoms with Crippen LogP contribution in [0.4, 0.5) is 0 Å². The van der Waals surface area contributed by atoms with Gasteiger partial charge in [-0.15, -0.1) is 0 Å². The van der Waals surface area contributed by atoms with E-state index in [0.717, 1.165) is 0 Å². The van der Waals surface area contributed by atoms with Crippen molar-refractivity contribution in [1.29, 1.82) is 0 Å². The number of hydrogen-bond donors (Lipinski definition) is 0. The fraction of sp³-hybridized carbons (Fsp3) is 0.875. The molecule has 0 radical (unpaired) electrons. The van der Waals surface area contributed by atoms with E-state index in [9.17, 15) is 0 Å². The van der Waals surface area contributed by atoms with E-state index in [-0.39, 0.29) is 0 Å². The average molecular weight is 224 g/mol. The lowest BCUT2D eigenvalue weighted by Crippen LogP contribution is -2.11. The second-order valence-corrected chi connectivity index (χ2v) is 5.34. The van der Waals surface area contributed by atoms with Gasteiger partial charge in [-0.05, 0) is 24.7 Å². The van der Waals surface area contributed by atoms with Crippen LogP contribution < -0.4 is 0 Å². The summed E-state index contributed by atoms with van der Waals surface area (Å²) in [7, 11) is 0. The normalized spacial score (nSPS) is 15.5. The molecule has 0 heterocycles. The molecule has 0 aliphatic rings. The minimum absolute atomic E-state index is 0.459. The van der Waals surface area contributed by atoms with Crippen molar-refractivity contribution in [1.82, 2.24) is 0 Å². The average Bonchev–Trinajstić information content (AvgIpc) is 2.31. The van der Waals surface area contributed by atoms with Crippen molar-refractivity contribution >= 4 is 0 Å². The van der Waals surface area contributed by atoms with E-state index in [2.05, 4.69) is 39.8 Å². The first-order valence-electron chi connectivity index (χ1n) is 7.36. The lowest BCUT2D eigenvalue weighted by atomic mass is 9.81. The van der Waals surface area contributed by atoms with Crippen LogP contribution in [0, 0.1) is 5.41 Å². The quantitative estimate of drug-likeness (QED) is 0.310. The minimum atomic E-state index is 0.459. The molecule has 0 aromatic heterocycles. The molecule has 0 bridgehead atoms. The van der Waals surface area contributed by atoms with Gasteiger partial charge in [-0.1, -0.05) is 78.4 Å². The molecule has 0 fully saturated rings. The maximum absolute atomic E-state index is 2.44. The summed E-state index contributed by atoms with van der Waals surface area (Å²) in [5, 5.41) is 0. The fourth-order valence-corrected chi connectivity index (χ4v) is 2.09. The smallest absolute Gasteiger partial charge is 0.0149 e. The highest BCUT2D eigenvalue weighted by molar-refractivity contribution is 4.96. The fourth-order valence-electron chi connectivity index (χ4n) is 2.09. The largest absolute Gasteiger partial charge is 0.0883 e. The van der Waals surface area contributed by atoms with Gasteiger partial charge in [0.15, 0.2) is 0 Å². The van der Waals surface area contributed by atoms with E-state index in [1.54, 1.807) is 0 Å². The highest BCUT2D eigenvalue weighted by Gasteiger charge is 2.16. The molecule has 0 saturated carbocycles. The van der Waals surface area contributed by atoms with Crippen molar-refractivity contribution in [3.63, 3.8) is 0 Å². The van der Waals surface area contributed by atoms with Gasteiger partial charge in [-0.2, -0.15) is 0 Å². The molecule has 0 aliphatic heterocycles. The zero-order chi connectivity index (χ0) is 12.3. The first-order chi connectivity index (χ1) is 7.68. The van der Waals surface area contributed by atoms with Crippen molar-refractivity contribution < 1.29 is 0 Å². The molecule has 0 N–H and O–H groups in total. The first kappa shape index (κ1) is 15.7. The molecule has 0 aromatic carbocycles. The molecule has 0 aromatic rings. The molecule has 0 amide bonds. The second-order valence-electron chi connectivity index (χ2n) is 5.34. The van der Waals surface area contributed by atoms with E-state index in [1.165, 1.54) is 57.8 Å². The van der Waals surface area contributed by atoms with E-state index in [1.807, 2.05) is 0 Å². The Labute approximate surface area is 104 Å². The van der Waals surface area contributed by atoms with Crippen molar-refractivity contribution in [3.05, 3.63) is 12.2 Å². The standard InChI is InChI=1S/C16H32/c1-5-8-10-11-12-13-15-16(4,7-3)14-9-6-2/h9,14H,5-8,10-13,15H2,1-4H3. The van der Waals surface area contributed by atoms with E-state index in [4.69, 9.17) is 0 Å². The van der Waals surface area contributed by atoms with Gasteiger partial charge in [0.25, 0.3) is 0 Å². The van der Waals surface area contributed by atoms with Gasteiger partial charge < -0.3 is 0 Å². The molecule has 0 heteroatoms. The molecule has 16 heavy (non-hydrogen) atoms. The second kappa shape index (κ2) is 9.93. The summed E-state index contributed by atoms with van der Waals surface area (Å²) in [6, 6.07) is 0. The van der Waals surface area contributed by atoms with Crippen LogP contribution in [0.2, 0.25) is 0 Å². The van der Waals surface area contributed by atoms with Crippen molar-refractivity contribution in [2.75, 3.05) is 0 Å². The maximum Gasteiger partial charge on any atom is -0.0149 e. The number of allylic oxidation sites excluding steroid dienone is 2. The van der Waals surface area contributed by atoms with Gasteiger partial charge >= 0.3 is 0 Å². The first-order valence-corrected chi connectivity index (χ1v) is 7.36. The van der Waals surface area contributed by atoms with Crippen molar-refractivity contribution in [2.24, 2.45) is 5.41 Å². The number of rotatable bonds is 10. The molecule has 96 valence electrons. The molecule has 0 nitrogen and oxygen atoms in total. The molecular weight excluding hydrogens is 192 g/mol. The SMILES string of the molecule is CCC=CC(C)(CC)CCCCCCCC. The van der Waals surface area contributed by atoms with Crippen molar-refractivity contribution in [2.45, 2.75) is 85.5 Å². The van der Waals surface area contributed by atoms with Crippen LogP contribution in [0.15, 0.2) is 12.2 Å². The monoisotopic (exact) mass is 224 g/mol. The molecule has 1 atom stereocenters. The Hall–Kier alpha value is -0.260. The van der Waals surface area contributed by atoms with Crippen molar-refractivity contribution in [3.8, 4) is 0 Å². The summed E-state index contributed by atoms with van der Waals surface area (Å²) < 4.78 is 0. The molecule has 1 unspecified atom stereocenters. The maximum atomic E-state index is 2.44. The predicted octanol–water partition coefficient (Wildman–Crippen LogP) is 6.12. The summed E-state index contributed by atoms with van der Waals surface area (Å²) in [5.41, 5.74) is 0.459. The van der Waals surface area contributed by atoms with E-state index < -0.39 is 0 Å². The van der Waals surface area contributed by atoms with Gasteiger partial charge in [0.1, 0.15) is 0 Å². The van der Waals surface area contributed by atoms with Crippen LogP contribution in [0.25, 0.3) is 0 Å². The summed E-state index contributed by atoms with van der Waals surface area (Å²) in [6.45, 7) is 9.23. The van der Waals surface area contributed by atoms with Crippen LogP contribution in [0.5, 0.6) is 0 Å². The minimum Gasteiger partial charge on any atom is -0.0883 e. The van der Waals surface area contributed by atoms with Gasteiger partial charge in [-0.3, -0.25) is 0 Å². The van der Waals surface area contributed by atoms with Gasteiger partial charge in [0.05, 0.1) is 0 Å². The topological polar surface area (TPSA) is 0 Å². The van der Waals surface area contributed by atoms with Crippen LogP contribution in [-0.4, -0.2) is 0 Å². The lowest BCUT2D eigenvalue weighted by molar-refractivity contribution is 0.356. The summed E-state index contributed by atoms with van der Waals surface area (Å²) >= 11 is 0. The number of hydrogen-bond acceptors (Lipinski definition) is 0. The van der Waals surface area contributed by atoms with Crippen LogP contribution in [-0.2, 0) is 0 Å². The van der Waals surface area contributed by atoms with E-state index >= 15 is 0 Å². The third-order valence-corrected chi connectivity index (χ3v) is 3.67.